The number of nitrogens with zero attached hydrogens (tertiary/aromatic N) is 4. The lowest BCUT2D eigenvalue weighted by molar-refractivity contribution is -0.385. The fourth-order valence-electron chi connectivity index (χ4n) is 6.73. The van der Waals surface area contributed by atoms with E-state index in [2.05, 4.69) is 10.3 Å². The summed E-state index contributed by atoms with van der Waals surface area (Å²) in [5, 5.41) is 12.4. The number of carbonyl (C=O) groups excluding carboxylic acids is 5. The number of carbonyl (C=O) groups is 5. The molecule has 0 aromatic heterocycles. The summed E-state index contributed by atoms with van der Waals surface area (Å²) in [4.78, 5) is 83.0. The zero-order valence-electron chi connectivity index (χ0n) is 27.2. The molecule has 4 heterocycles. The van der Waals surface area contributed by atoms with E-state index in [1.54, 1.807) is 50.2 Å². The average Bonchev–Trinajstić information content (AvgIpc) is 3.39. The van der Waals surface area contributed by atoms with Crippen LogP contribution in [0, 0.1) is 10.1 Å². The number of β-lactam (4-membered cyclic amide) rings is 2. The number of ether oxygens (including phenoxy) is 2. The SMILES string of the molecule is CC1(C)S[C@H]2[C@@H](NC(=O)[C@H](N=Cc3ccccc3[N+](=O)[O-])c3ccccc3)C(=O)N2[C@@H]1C(=O)OCOC(=O)[C@H]1N2C(=O)C[C@@H]2S(=O)(=O)C1(C)C. The Morgan fingerprint density at radius 3 is 2.28 bits per heavy atom. The molecule has 18 heteroatoms. The summed E-state index contributed by atoms with van der Waals surface area (Å²) in [6.45, 7) is 5.21. The first-order chi connectivity index (χ1) is 23.5. The van der Waals surface area contributed by atoms with Crippen molar-refractivity contribution in [3.63, 3.8) is 0 Å². The molecule has 2 aromatic rings. The fourth-order valence-corrected chi connectivity index (χ4v) is 10.5. The lowest BCUT2D eigenvalue weighted by Crippen LogP contribution is -2.71. The van der Waals surface area contributed by atoms with Gasteiger partial charge >= 0.3 is 11.9 Å². The van der Waals surface area contributed by atoms with Crippen molar-refractivity contribution < 1.29 is 46.8 Å². The van der Waals surface area contributed by atoms with Gasteiger partial charge in [-0.2, -0.15) is 0 Å². The lowest BCUT2D eigenvalue weighted by Gasteiger charge is -2.44. The number of nitro benzene ring substituents is 1. The van der Waals surface area contributed by atoms with Gasteiger partial charge in [-0.3, -0.25) is 29.5 Å². The Balaban J connectivity index is 1.11. The Kier molecular flexibility index (Phi) is 8.74. The normalized spacial score (nSPS) is 27.4. The monoisotopic (exact) mass is 727 g/mol. The molecule has 0 radical (unpaired) electrons. The van der Waals surface area contributed by atoms with Crippen molar-refractivity contribution in [1.29, 1.82) is 0 Å². The molecular formula is C32H33N5O11S2. The lowest BCUT2D eigenvalue weighted by atomic mass is 9.95. The summed E-state index contributed by atoms with van der Waals surface area (Å²) >= 11 is 1.26. The number of fused-ring (bicyclic) bond motifs is 2. The van der Waals surface area contributed by atoms with Crippen molar-refractivity contribution in [3.8, 4) is 0 Å². The van der Waals surface area contributed by atoms with E-state index in [-0.39, 0.29) is 17.7 Å². The Morgan fingerprint density at radius 1 is 1.02 bits per heavy atom. The highest BCUT2D eigenvalue weighted by Gasteiger charge is 2.68. The van der Waals surface area contributed by atoms with Crippen molar-refractivity contribution in [2.45, 2.75) is 78.5 Å². The molecule has 2 aromatic carbocycles. The zero-order chi connectivity index (χ0) is 36.3. The van der Waals surface area contributed by atoms with E-state index < -0.39 is 95.6 Å². The third-order valence-electron chi connectivity index (χ3n) is 9.42. The summed E-state index contributed by atoms with van der Waals surface area (Å²) in [7, 11) is -3.84. The van der Waals surface area contributed by atoms with E-state index >= 15 is 0 Å². The van der Waals surface area contributed by atoms with Gasteiger partial charge in [0.15, 0.2) is 15.9 Å². The van der Waals surface area contributed by atoms with Crippen LogP contribution in [0.1, 0.15) is 51.3 Å². The number of hydrogen-bond donors (Lipinski definition) is 1. The summed E-state index contributed by atoms with van der Waals surface area (Å²) in [6.07, 6.45) is 1.02. The third kappa shape index (κ3) is 5.59. The number of benzene rings is 2. The summed E-state index contributed by atoms with van der Waals surface area (Å²) in [5.41, 5.74) is 0.472. The van der Waals surface area contributed by atoms with Gasteiger partial charge in [0.2, 0.25) is 24.5 Å². The third-order valence-corrected chi connectivity index (χ3v) is 13.8. The van der Waals surface area contributed by atoms with Crippen LogP contribution in [0.25, 0.3) is 0 Å². The topological polar surface area (TPSA) is 212 Å². The van der Waals surface area contributed by atoms with Gasteiger partial charge in [0.25, 0.3) is 5.69 Å². The molecule has 1 N–H and O–H groups in total. The first-order valence-electron chi connectivity index (χ1n) is 15.5. The minimum atomic E-state index is -3.84. The van der Waals surface area contributed by atoms with E-state index in [1.807, 2.05) is 0 Å². The number of thioether (sulfide) groups is 1. The van der Waals surface area contributed by atoms with Gasteiger partial charge in [-0.25, -0.2) is 18.0 Å². The maximum absolute atomic E-state index is 13.6. The number of nitro groups is 1. The number of hydrogen-bond acceptors (Lipinski definition) is 13. The van der Waals surface area contributed by atoms with Crippen LogP contribution in [-0.4, -0.2) is 104 Å². The molecule has 50 heavy (non-hydrogen) atoms. The number of rotatable bonds is 10. The quantitative estimate of drug-likeness (QED) is 0.0921. The molecule has 0 unspecified atom stereocenters. The van der Waals surface area contributed by atoms with Crippen molar-refractivity contribution in [1.82, 2.24) is 15.1 Å². The number of sulfone groups is 1. The van der Waals surface area contributed by atoms with Crippen LogP contribution in [0.5, 0.6) is 0 Å². The second-order valence-corrected chi connectivity index (χ2v) is 17.7. The fraction of sp³-hybridized carbons (Fsp3) is 0.438. The van der Waals surface area contributed by atoms with Crippen molar-refractivity contribution in [2.24, 2.45) is 4.99 Å². The van der Waals surface area contributed by atoms with E-state index in [0.29, 0.717) is 5.56 Å². The van der Waals surface area contributed by atoms with E-state index in [1.165, 1.54) is 54.9 Å². The summed E-state index contributed by atoms with van der Waals surface area (Å²) < 4.78 is 33.5. The predicted molar refractivity (Wildman–Crippen MR) is 177 cm³/mol. The molecule has 4 aliphatic heterocycles. The first kappa shape index (κ1) is 35.0. The highest BCUT2D eigenvalue weighted by atomic mass is 32.2. The van der Waals surface area contributed by atoms with Gasteiger partial charge in [0.05, 0.1) is 21.7 Å². The van der Waals surface area contributed by atoms with Gasteiger partial charge in [0, 0.05) is 17.0 Å². The average molecular weight is 728 g/mol. The summed E-state index contributed by atoms with van der Waals surface area (Å²) in [6, 6.07) is 9.68. The van der Waals surface area contributed by atoms with E-state index in [9.17, 15) is 42.5 Å². The van der Waals surface area contributed by atoms with Gasteiger partial charge in [-0.15, -0.1) is 11.8 Å². The smallest absolute Gasteiger partial charge is 0.333 e. The predicted octanol–water partition coefficient (Wildman–Crippen LogP) is 1.48. The summed E-state index contributed by atoms with van der Waals surface area (Å²) in [5.74, 6) is -3.63. The van der Waals surface area contributed by atoms with Crippen LogP contribution in [0.15, 0.2) is 59.6 Å². The second kappa shape index (κ2) is 12.5. The minimum Gasteiger partial charge on any atom is -0.426 e. The molecule has 0 saturated carbocycles. The highest BCUT2D eigenvalue weighted by Crippen LogP contribution is 2.51. The van der Waals surface area contributed by atoms with Crippen LogP contribution in [0.4, 0.5) is 5.69 Å². The van der Waals surface area contributed by atoms with Gasteiger partial charge in [0.1, 0.15) is 28.9 Å². The molecule has 4 saturated heterocycles. The molecular weight excluding hydrogens is 695 g/mol. The molecule has 6 atom stereocenters. The Hall–Kier alpha value is -4.84. The molecule has 264 valence electrons. The van der Waals surface area contributed by atoms with E-state index in [0.717, 1.165) is 4.90 Å². The standard InChI is InChI=1S/C32H33N5O11S2/c1-31(2)24(29(41)47-16-48-30(42)25-32(3,4)50(45,46)21-14-20(38)35(21)25)36-27(40)23(28(36)49-31)34-26(39)22(17-10-6-5-7-11-17)33-15-18-12-8-9-13-19(18)37(43)44/h5-13,15,21-25,28H,14,16H2,1-4H3,(H,34,39)/t21-,22+,23-,24+,25+,28-/m0/s1. The number of nitrogens with one attached hydrogen (secondary N) is 1. The Bertz CT molecular complexity index is 1930. The first-order valence-corrected chi connectivity index (χ1v) is 17.9. The molecule has 3 amide bonds. The van der Waals surface area contributed by atoms with Crippen LogP contribution in [0.2, 0.25) is 0 Å². The molecule has 0 bridgehead atoms. The second-order valence-electron chi connectivity index (χ2n) is 13.2. The van der Waals surface area contributed by atoms with Crippen molar-refractivity contribution in [3.05, 3.63) is 75.8 Å². The largest absolute Gasteiger partial charge is 0.426 e. The number of para-hydroxylation sites is 1. The number of aliphatic imine (C=N–C) groups is 1. The van der Waals surface area contributed by atoms with Crippen molar-refractivity contribution in [2.75, 3.05) is 6.79 Å². The Labute approximate surface area is 290 Å². The van der Waals surface area contributed by atoms with Crippen molar-refractivity contribution >= 4 is 63.2 Å². The Morgan fingerprint density at radius 2 is 1.64 bits per heavy atom. The van der Waals surface area contributed by atoms with Gasteiger partial charge < -0.3 is 24.6 Å². The molecule has 6 rings (SSSR count). The number of amides is 3. The maximum atomic E-state index is 13.6. The zero-order valence-corrected chi connectivity index (χ0v) is 28.9. The molecule has 0 spiro atoms. The maximum Gasteiger partial charge on any atom is 0.333 e. The van der Waals surface area contributed by atoms with Gasteiger partial charge in [-0.05, 0) is 39.3 Å². The molecule has 16 nitrogen and oxygen atoms in total. The number of esters is 2. The molecule has 4 aliphatic rings. The van der Waals surface area contributed by atoms with Crippen LogP contribution < -0.4 is 5.32 Å². The van der Waals surface area contributed by atoms with E-state index in [4.69, 9.17) is 9.47 Å². The molecule has 0 aliphatic carbocycles. The molecule has 4 fully saturated rings. The van der Waals surface area contributed by atoms with Crippen LogP contribution in [0.3, 0.4) is 0 Å². The highest BCUT2D eigenvalue weighted by molar-refractivity contribution is 8.01. The minimum absolute atomic E-state index is 0.187. The van der Waals surface area contributed by atoms with Crippen LogP contribution in [-0.2, 0) is 43.3 Å². The van der Waals surface area contributed by atoms with Gasteiger partial charge in [-0.1, -0.05) is 42.5 Å². The van der Waals surface area contributed by atoms with Crippen LogP contribution >= 0.6 is 11.8 Å².